The van der Waals surface area contributed by atoms with E-state index >= 15 is 0 Å². The Morgan fingerprint density at radius 3 is 2.71 bits per heavy atom. The van der Waals surface area contributed by atoms with Crippen molar-refractivity contribution in [1.82, 2.24) is 14.8 Å². The van der Waals surface area contributed by atoms with Gasteiger partial charge in [-0.3, -0.25) is 4.79 Å². The van der Waals surface area contributed by atoms with Gasteiger partial charge in [-0.25, -0.2) is 0 Å². The number of likely N-dealkylation sites (tertiary alicyclic amines) is 1. The van der Waals surface area contributed by atoms with Crippen LogP contribution in [0.25, 0.3) is 0 Å². The van der Waals surface area contributed by atoms with Crippen LogP contribution in [-0.2, 0) is 18.4 Å². The molecule has 1 amide bonds. The fourth-order valence-electron chi connectivity index (χ4n) is 2.33. The Hall–Kier alpha value is -1.29. The molecule has 1 aliphatic heterocycles. The smallest absolute Gasteiger partial charge is 0.219 e. The predicted octanol–water partition coefficient (Wildman–Crippen LogP) is 1.13. The van der Waals surface area contributed by atoms with Crippen LogP contribution >= 0.6 is 0 Å². The molecule has 1 aromatic rings. The lowest BCUT2D eigenvalue weighted by Crippen LogP contribution is -2.44. The second-order valence-corrected chi connectivity index (χ2v) is 4.77. The predicted molar refractivity (Wildman–Crippen MR) is 67.5 cm³/mol. The molecule has 17 heavy (non-hydrogen) atoms. The van der Waals surface area contributed by atoms with Crippen LogP contribution in [0, 0.1) is 0 Å². The van der Waals surface area contributed by atoms with Gasteiger partial charge in [0.2, 0.25) is 5.91 Å². The van der Waals surface area contributed by atoms with Gasteiger partial charge in [0.05, 0.1) is 0 Å². The summed E-state index contributed by atoms with van der Waals surface area (Å²) in [4.78, 5) is 13.1. The molecule has 1 fully saturated rings. The van der Waals surface area contributed by atoms with Crippen molar-refractivity contribution in [2.75, 3.05) is 13.1 Å². The van der Waals surface area contributed by atoms with E-state index in [2.05, 4.69) is 35.3 Å². The molecule has 94 valence electrons. The van der Waals surface area contributed by atoms with Gasteiger partial charge in [0.15, 0.2) is 0 Å². The van der Waals surface area contributed by atoms with E-state index in [-0.39, 0.29) is 5.91 Å². The average Bonchev–Trinajstić information content (AvgIpc) is 2.73. The minimum atomic E-state index is 0.200. The Labute approximate surface area is 103 Å². The largest absolute Gasteiger partial charge is 0.353 e. The first-order chi connectivity index (χ1) is 8.16. The number of nitrogens with zero attached hydrogens (tertiary/aromatic N) is 2. The lowest BCUT2D eigenvalue weighted by atomic mass is 10.1. The van der Waals surface area contributed by atoms with Gasteiger partial charge in [0.25, 0.3) is 0 Å². The Balaban J connectivity index is 1.75. The fourth-order valence-corrected chi connectivity index (χ4v) is 2.33. The standard InChI is InChI=1S/C13H21N3O/c1-11(17)16-8-5-12(6-9-16)14-10-13-4-3-7-15(13)2/h3-4,7,12,14H,5-6,8-10H2,1-2H3. The summed E-state index contributed by atoms with van der Waals surface area (Å²) in [5.41, 5.74) is 1.30. The molecule has 1 aliphatic rings. The van der Waals surface area contributed by atoms with Crippen molar-refractivity contribution < 1.29 is 4.79 Å². The zero-order chi connectivity index (χ0) is 12.3. The lowest BCUT2D eigenvalue weighted by Gasteiger charge is -2.31. The van der Waals surface area contributed by atoms with Crippen LogP contribution in [0.15, 0.2) is 18.3 Å². The number of carbonyl (C=O) groups is 1. The van der Waals surface area contributed by atoms with Crippen molar-refractivity contribution in [1.29, 1.82) is 0 Å². The molecule has 1 aromatic heterocycles. The molecule has 4 nitrogen and oxygen atoms in total. The monoisotopic (exact) mass is 235 g/mol. The van der Waals surface area contributed by atoms with Crippen molar-refractivity contribution in [3.05, 3.63) is 24.0 Å². The highest BCUT2D eigenvalue weighted by Gasteiger charge is 2.20. The second-order valence-electron chi connectivity index (χ2n) is 4.77. The SMILES string of the molecule is CC(=O)N1CCC(NCc2cccn2C)CC1. The van der Waals surface area contributed by atoms with Crippen molar-refractivity contribution in [3.8, 4) is 0 Å². The van der Waals surface area contributed by atoms with E-state index in [1.54, 1.807) is 6.92 Å². The van der Waals surface area contributed by atoms with Crippen molar-refractivity contribution in [2.24, 2.45) is 7.05 Å². The van der Waals surface area contributed by atoms with Crippen LogP contribution in [-0.4, -0.2) is 34.5 Å². The maximum absolute atomic E-state index is 11.2. The van der Waals surface area contributed by atoms with Gasteiger partial charge in [-0.1, -0.05) is 0 Å². The van der Waals surface area contributed by atoms with Crippen LogP contribution in [0.5, 0.6) is 0 Å². The summed E-state index contributed by atoms with van der Waals surface area (Å²) in [5.74, 6) is 0.200. The minimum Gasteiger partial charge on any atom is -0.353 e. The molecule has 0 spiro atoms. The van der Waals surface area contributed by atoms with E-state index in [0.717, 1.165) is 32.5 Å². The highest BCUT2D eigenvalue weighted by Crippen LogP contribution is 2.11. The number of piperidine rings is 1. The van der Waals surface area contributed by atoms with E-state index in [1.807, 2.05) is 4.90 Å². The minimum absolute atomic E-state index is 0.200. The first-order valence-electron chi connectivity index (χ1n) is 6.26. The van der Waals surface area contributed by atoms with Crippen LogP contribution in [0.1, 0.15) is 25.5 Å². The Morgan fingerprint density at radius 2 is 2.18 bits per heavy atom. The molecule has 2 heterocycles. The molecule has 1 N–H and O–H groups in total. The first kappa shape index (κ1) is 12.2. The van der Waals surface area contributed by atoms with E-state index in [4.69, 9.17) is 0 Å². The molecule has 4 heteroatoms. The Bertz CT molecular complexity index is 378. The number of amides is 1. The van der Waals surface area contributed by atoms with Crippen molar-refractivity contribution in [2.45, 2.75) is 32.4 Å². The van der Waals surface area contributed by atoms with Crippen molar-refractivity contribution in [3.63, 3.8) is 0 Å². The first-order valence-corrected chi connectivity index (χ1v) is 6.26. The molecule has 2 rings (SSSR count). The fraction of sp³-hybridized carbons (Fsp3) is 0.615. The second kappa shape index (κ2) is 5.36. The summed E-state index contributed by atoms with van der Waals surface area (Å²) in [6, 6.07) is 4.74. The summed E-state index contributed by atoms with van der Waals surface area (Å²) in [7, 11) is 2.06. The van der Waals surface area contributed by atoms with Crippen LogP contribution in [0.4, 0.5) is 0 Å². The number of aromatic nitrogens is 1. The molecule has 0 saturated carbocycles. The van der Waals surface area contributed by atoms with E-state index < -0.39 is 0 Å². The third-order valence-electron chi connectivity index (χ3n) is 3.56. The summed E-state index contributed by atoms with van der Waals surface area (Å²) in [5, 5.41) is 3.57. The quantitative estimate of drug-likeness (QED) is 0.852. The van der Waals surface area contributed by atoms with Crippen LogP contribution in [0.3, 0.4) is 0 Å². The van der Waals surface area contributed by atoms with Gasteiger partial charge in [0, 0.05) is 51.5 Å². The van der Waals surface area contributed by atoms with Crippen LogP contribution in [0.2, 0.25) is 0 Å². The number of aryl methyl sites for hydroxylation is 1. The van der Waals surface area contributed by atoms with Crippen molar-refractivity contribution >= 4 is 5.91 Å². The van der Waals surface area contributed by atoms with E-state index in [1.165, 1.54) is 5.69 Å². The van der Waals surface area contributed by atoms with E-state index in [0.29, 0.717) is 6.04 Å². The average molecular weight is 235 g/mol. The Kier molecular flexibility index (Phi) is 3.84. The van der Waals surface area contributed by atoms with Gasteiger partial charge in [-0.2, -0.15) is 0 Å². The maximum atomic E-state index is 11.2. The molecule has 0 unspecified atom stereocenters. The zero-order valence-corrected chi connectivity index (χ0v) is 10.6. The molecule has 0 aromatic carbocycles. The third kappa shape index (κ3) is 3.09. The number of nitrogens with one attached hydrogen (secondary N) is 1. The number of hydrogen-bond acceptors (Lipinski definition) is 2. The normalized spacial score (nSPS) is 17.4. The molecule has 0 aliphatic carbocycles. The number of rotatable bonds is 3. The lowest BCUT2D eigenvalue weighted by molar-refractivity contribution is -0.129. The summed E-state index contributed by atoms with van der Waals surface area (Å²) in [6.45, 7) is 4.34. The highest BCUT2D eigenvalue weighted by molar-refractivity contribution is 5.73. The zero-order valence-electron chi connectivity index (χ0n) is 10.6. The summed E-state index contributed by atoms with van der Waals surface area (Å²) < 4.78 is 2.14. The Morgan fingerprint density at radius 1 is 1.47 bits per heavy atom. The molecular weight excluding hydrogens is 214 g/mol. The molecular formula is C13H21N3O. The maximum Gasteiger partial charge on any atom is 0.219 e. The van der Waals surface area contributed by atoms with Gasteiger partial charge in [-0.15, -0.1) is 0 Å². The summed E-state index contributed by atoms with van der Waals surface area (Å²) in [6.07, 6.45) is 4.18. The topological polar surface area (TPSA) is 37.3 Å². The number of carbonyl (C=O) groups excluding carboxylic acids is 1. The van der Waals surface area contributed by atoms with Gasteiger partial charge >= 0.3 is 0 Å². The number of hydrogen-bond donors (Lipinski definition) is 1. The van der Waals surface area contributed by atoms with Gasteiger partial charge in [0.1, 0.15) is 0 Å². The van der Waals surface area contributed by atoms with Gasteiger partial charge in [-0.05, 0) is 25.0 Å². The van der Waals surface area contributed by atoms with Crippen LogP contribution < -0.4 is 5.32 Å². The van der Waals surface area contributed by atoms with E-state index in [9.17, 15) is 4.79 Å². The van der Waals surface area contributed by atoms with Gasteiger partial charge < -0.3 is 14.8 Å². The highest BCUT2D eigenvalue weighted by atomic mass is 16.2. The third-order valence-corrected chi connectivity index (χ3v) is 3.56. The summed E-state index contributed by atoms with van der Waals surface area (Å²) >= 11 is 0. The molecule has 1 saturated heterocycles. The molecule has 0 atom stereocenters. The molecule has 0 radical (unpaired) electrons. The molecule has 0 bridgehead atoms.